The van der Waals surface area contributed by atoms with Gasteiger partial charge in [-0.15, -0.1) is 0 Å². The van der Waals surface area contributed by atoms with Crippen LogP contribution in [0.2, 0.25) is 0 Å². The zero-order chi connectivity index (χ0) is 11.7. The number of hydrogen-bond acceptors (Lipinski definition) is 5. The molecule has 0 aliphatic rings. The molecule has 0 saturated heterocycles. The van der Waals surface area contributed by atoms with Crippen molar-refractivity contribution in [2.24, 2.45) is 7.05 Å². The molecule has 1 atom stereocenters. The van der Waals surface area contributed by atoms with Crippen molar-refractivity contribution in [3.05, 3.63) is 12.5 Å². The minimum atomic E-state index is -0.935. The first-order valence-corrected chi connectivity index (χ1v) is 4.71. The molecule has 1 unspecified atom stereocenters. The van der Waals surface area contributed by atoms with E-state index in [1.165, 1.54) is 6.33 Å². The first-order valence-electron chi connectivity index (χ1n) is 4.71. The molecule has 0 bridgehead atoms. The van der Waals surface area contributed by atoms with E-state index in [-0.39, 0.29) is 0 Å². The van der Waals surface area contributed by atoms with Gasteiger partial charge in [0.15, 0.2) is 5.65 Å². The Morgan fingerprint density at radius 3 is 3.00 bits per heavy atom. The van der Waals surface area contributed by atoms with Crippen LogP contribution in [0.5, 0.6) is 0 Å². The summed E-state index contributed by atoms with van der Waals surface area (Å²) < 4.78 is 1.60. The molecule has 0 aliphatic carbocycles. The van der Waals surface area contributed by atoms with Gasteiger partial charge in [0.1, 0.15) is 18.2 Å². The SMILES string of the molecule is CC(Nc1ncnc2c1cnn2C)C(=O)O. The first-order chi connectivity index (χ1) is 7.59. The highest BCUT2D eigenvalue weighted by atomic mass is 16.4. The molecule has 0 fully saturated rings. The van der Waals surface area contributed by atoms with E-state index in [4.69, 9.17) is 5.11 Å². The van der Waals surface area contributed by atoms with Crippen LogP contribution in [0, 0.1) is 0 Å². The van der Waals surface area contributed by atoms with Gasteiger partial charge in [0.25, 0.3) is 0 Å². The second kappa shape index (κ2) is 3.76. The Morgan fingerprint density at radius 2 is 2.31 bits per heavy atom. The molecule has 0 amide bonds. The number of carboxylic acid groups (broad SMARTS) is 1. The van der Waals surface area contributed by atoms with E-state index >= 15 is 0 Å². The van der Waals surface area contributed by atoms with Crippen molar-refractivity contribution in [2.45, 2.75) is 13.0 Å². The first kappa shape index (κ1) is 10.3. The van der Waals surface area contributed by atoms with Crippen molar-refractivity contribution in [3.8, 4) is 0 Å². The van der Waals surface area contributed by atoms with Crippen molar-refractivity contribution in [3.63, 3.8) is 0 Å². The van der Waals surface area contributed by atoms with Crippen LogP contribution >= 0.6 is 0 Å². The number of rotatable bonds is 3. The lowest BCUT2D eigenvalue weighted by molar-refractivity contribution is -0.137. The van der Waals surface area contributed by atoms with Gasteiger partial charge in [-0.25, -0.2) is 9.97 Å². The molecule has 0 aromatic carbocycles. The van der Waals surface area contributed by atoms with E-state index in [2.05, 4.69) is 20.4 Å². The van der Waals surface area contributed by atoms with Gasteiger partial charge in [-0.2, -0.15) is 5.10 Å². The normalized spacial score (nSPS) is 12.6. The number of anilines is 1. The summed E-state index contributed by atoms with van der Waals surface area (Å²) in [6, 6.07) is -0.710. The molecule has 2 rings (SSSR count). The van der Waals surface area contributed by atoms with Gasteiger partial charge in [-0.05, 0) is 6.92 Å². The highest BCUT2D eigenvalue weighted by molar-refractivity contribution is 5.88. The van der Waals surface area contributed by atoms with E-state index < -0.39 is 12.0 Å². The third kappa shape index (κ3) is 1.67. The van der Waals surface area contributed by atoms with Crippen LogP contribution in [0.4, 0.5) is 5.82 Å². The van der Waals surface area contributed by atoms with Gasteiger partial charge in [-0.3, -0.25) is 9.48 Å². The van der Waals surface area contributed by atoms with E-state index in [1.54, 1.807) is 24.9 Å². The standard InChI is InChI=1S/C9H11N5O2/c1-5(9(15)16)13-7-6-3-12-14(2)8(6)11-4-10-7/h3-5H,1-2H3,(H,15,16)(H,10,11,13). The number of carboxylic acids is 1. The Morgan fingerprint density at radius 1 is 1.56 bits per heavy atom. The Kier molecular flexibility index (Phi) is 2.43. The third-order valence-electron chi connectivity index (χ3n) is 2.25. The summed E-state index contributed by atoms with van der Waals surface area (Å²) in [7, 11) is 1.76. The third-order valence-corrected chi connectivity index (χ3v) is 2.25. The molecule has 84 valence electrons. The number of aliphatic carboxylic acids is 1. The van der Waals surface area contributed by atoms with E-state index in [0.717, 1.165) is 0 Å². The molecular weight excluding hydrogens is 210 g/mol. The minimum absolute atomic E-state index is 0.480. The molecule has 0 saturated carbocycles. The van der Waals surface area contributed by atoms with Crippen molar-refractivity contribution in [1.29, 1.82) is 0 Å². The number of carbonyl (C=O) groups is 1. The zero-order valence-corrected chi connectivity index (χ0v) is 8.88. The quantitative estimate of drug-likeness (QED) is 0.771. The zero-order valence-electron chi connectivity index (χ0n) is 8.88. The van der Waals surface area contributed by atoms with Crippen molar-refractivity contribution in [2.75, 3.05) is 5.32 Å². The fourth-order valence-corrected chi connectivity index (χ4v) is 1.34. The summed E-state index contributed by atoms with van der Waals surface area (Å²) in [4.78, 5) is 18.8. The lowest BCUT2D eigenvalue weighted by atomic mass is 10.3. The van der Waals surface area contributed by atoms with Gasteiger partial charge in [-0.1, -0.05) is 0 Å². The molecule has 0 spiro atoms. The van der Waals surface area contributed by atoms with Gasteiger partial charge in [0.05, 0.1) is 11.6 Å². The largest absolute Gasteiger partial charge is 0.480 e. The molecule has 2 N–H and O–H groups in total. The second-order valence-corrected chi connectivity index (χ2v) is 3.43. The molecule has 7 nitrogen and oxygen atoms in total. The van der Waals surface area contributed by atoms with Crippen LogP contribution in [0.1, 0.15) is 6.92 Å². The maximum Gasteiger partial charge on any atom is 0.325 e. The Labute approximate surface area is 91.1 Å². The lowest BCUT2D eigenvalue weighted by Gasteiger charge is -2.09. The number of aromatic nitrogens is 4. The summed E-state index contributed by atoms with van der Waals surface area (Å²) >= 11 is 0. The summed E-state index contributed by atoms with van der Waals surface area (Å²) in [5.74, 6) is -0.455. The summed E-state index contributed by atoms with van der Waals surface area (Å²) in [6.45, 7) is 1.55. The van der Waals surface area contributed by atoms with Gasteiger partial charge in [0, 0.05) is 7.05 Å². The molecule has 16 heavy (non-hydrogen) atoms. The smallest absolute Gasteiger partial charge is 0.325 e. The van der Waals surface area contributed by atoms with E-state index in [1.807, 2.05) is 0 Å². The average molecular weight is 221 g/mol. The van der Waals surface area contributed by atoms with Gasteiger partial charge >= 0.3 is 5.97 Å². The summed E-state index contributed by atoms with van der Waals surface area (Å²) in [5.41, 5.74) is 0.662. The predicted molar refractivity (Wildman–Crippen MR) is 57.0 cm³/mol. The van der Waals surface area contributed by atoms with Crippen molar-refractivity contribution in [1.82, 2.24) is 19.7 Å². The second-order valence-electron chi connectivity index (χ2n) is 3.43. The fraction of sp³-hybridized carbons (Fsp3) is 0.333. The van der Waals surface area contributed by atoms with E-state index in [9.17, 15) is 4.79 Å². The predicted octanol–water partition coefficient (Wildman–Crippen LogP) is 0.248. The van der Waals surface area contributed by atoms with Crippen LogP contribution in [0.25, 0.3) is 11.0 Å². The molecule has 7 heteroatoms. The van der Waals surface area contributed by atoms with Crippen LogP contribution in [-0.4, -0.2) is 36.9 Å². The van der Waals surface area contributed by atoms with Crippen LogP contribution < -0.4 is 5.32 Å². The van der Waals surface area contributed by atoms with Crippen LogP contribution in [0.3, 0.4) is 0 Å². The number of hydrogen-bond donors (Lipinski definition) is 2. The maximum absolute atomic E-state index is 10.7. The number of aryl methyl sites for hydroxylation is 1. The van der Waals surface area contributed by atoms with Crippen LogP contribution in [-0.2, 0) is 11.8 Å². The fourth-order valence-electron chi connectivity index (χ4n) is 1.34. The number of nitrogens with zero attached hydrogens (tertiary/aromatic N) is 4. The molecular formula is C9H11N5O2. The molecule has 2 aromatic rings. The van der Waals surface area contributed by atoms with E-state index in [0.29, 0.717) is 16.9 Å². The monoisotopic (exact) mass is 221 g/mol. The van der Waals surface area contributed by atoms with Gasteiger partial charge in [0.2, 0.25) is 0 Å². The average Bonchev–Trinajstić information content (AvgIpc) is 2.62. The maximum atomic E-state index is 10.7. The molecule has 2 heterocycles. The number of fused-ring (bicyclic) bond motifs is 1. The summed E-state index contributed by atoms with van der Waals surface area (Å²) in [6.07, 6.45) is 2.98. The highest BCUT2D eigenvalue weighted by Crippen LogP contribution is 2.18. The summed E-state index contributed by atoms with van der Waals surface area (Å²) in [5, 5.41) is 16.3. The van der Waals surface area contributed by atoms with Crippen molar-refractivity contribution >= 4 is 22.8 Å². The Balaban J connectivity index is 2.41. The minimum Gasteiger partial charge on any atom is -0.480 e. The Hall–Kier alpha value is -2.18. The molecule has 2 aromatic heterocycles. The topological polar surface area (TPSA) is 92.9 Å². The number of nitrogens with one attached hydrogen (secondary N) is 1. The lowest BCUT2D eigenvalue weighted by Crippen LogP contribution is -2.26. The van der Waals surface area contributed by atoms with Crippen molar-refractivity contribution < 1.29 is 9.90 Å². The molecule has 0 aliphatic heterocycles. The van der Waals surface area contributed by atoms with Crippen LogP contribution in [0.15, 0.2) is 12.5 Å². The Bertz CT molecular complexity index is 536. The highest BCUT2D eigenvalue weighted by Gasteiger charge is 2.14. The van der Waals surface area contributed by atoms with Gasteiger partial charge < -0.3 is 10.4 Å². The molecule has 0 radical (unpaired) electrons.